The van der Waals surface area contributed by atoms with Gasteiger partial charge in [-0.25, -0.2) is 4.39 Å². The summed E-state index contributed by atoms with van der Waals surface area (Å²) >= 11 is 6.15. The Bertz CT molecular complexity index is 880. The summed E-state index contributed by atoms with van der Waals surface area (Å²) in [6.45, 7) is -0.176. The Morgan fingerprint density at radius 3 is 2.50 bits per heavy atom. The number of amides is 2. The highest BCUT2D eigenvalue weighted by atomic mass is 32.2. The zero-order chi connectivity index (χ0) is 18.5. The van der Waals surface area contributed by atoms with Gasteiger partial charge in [-0.1, -0.05) is 36.1 Å². The first-order valence-electron chi connectivity index (χ1n) is 7.53. The van der Waals surface area contributed by atoms with Crippen LogP contribution in [-0.2, 0) is 9.59 Å². The molecule has 0 spiro atoms. The zero-order valence-corrected chi connectivity index (χ0v) is 15.0. The molecular formula is C18H13FN2O3S2. The lowest BCUT2D eigenvalue weighted by molar-refractivity contribution is -0.118. The van der Waals surface area contributed by atoms with Gasteiger partial charge < -0.3 is 15.4 Å². The SMILES string of the molecule is O=C(COc1ccc(/C=C2\SC(=S)NC2=O)cc1)Nc1ccc(F)cc1. The molecule has 2 aromatic carbocycles. The number of carbonyl (C=O) groups is 2. The van der Waals surface area contributed by atoms with E-state index in [9.17, 15) is 14.0 Å². The minimum absolute atomic E-state index is 0.176. The quantitative estimate of drug-likeness (QED) is 0.608. The third kappa shape index (κ3) is 4.90. The number of benzene rings is 2. The molecule has 1 saturated heterocycles. The standard InChI is InChI=1S/C18H13FN2O3S2/c19-12-3-5-13(6-4-12)20-16(22)10-24-14-7-1-11(2-8-14)9-15-17(23)21-18(25)26-15/h1-9H,10H2,(H,20,22)(H,21,23,25)/b15-9-. The Kier molecular flexibility index (Phi) is 5.65. The van der Waals surface area contributed by atoms with Crippen LogP contribution in [0.5, 0.6) is 5.75 Å². The second-order valence-electron chi connectivity index (χ2n) is 5.27. The number of nitrogens with one attached hydrogen (secondary N) is 2. The first-order chi connectivity index (χ1) is 12.5. The normalized spacial score (nSPS) is 15.0. The van der Waals surface area contributed by atoms with Crippen LogP contribution in [0, 0.1) is 5.82 Å². The highest BCUT2D eigenvalue weighted by molar-refractivity contribution is 8.26. The van der Waals surface area contributed by atoms with Gasteiger partial charge in [-0.3, -0.25) is 9.59 Å². The van der Waals surface area contributed by atoms with Crippen molar-refractivity contribution in [2.45, 2.75) is 0 Å². The largest absolute Gasteiger partial charge is 0.484 e. The number of halogens is 1. The number of hydrogen-bond acceptors (Lipinski definition) is 5. The van der Waals surface area contributed by atoms with Gasteiger partial charge in [0.25, 0.3) is 11.8 Å². The van der Waals surface area contributed by atoms with Crippen LogP contribution < -0.4 is 15.4 Å². The van der Waals surface area contributed by atoms with Gasteiger partial charge in [0.15, 0.2) is 6.61 Å². The molecule has 1 aliphatic heterocycles. The molecule has 0 saturated carbocycles. The minimum Gasteiger partial charge on any atom is -0.484 e. The molecule has 0 bridgehead atoms. The molecule has 2 amide bonds. The van der Waals surface area contributed by atoms with E-state index in [0.29, 0.717) is 20.7 Å². The summed E-state index contributed by atoms with van der Waals surface area (Å²) in [5.74, 6) is -0.418. The molecule has 1 aliphatic rings. The molecule has 3 rings (SSSR count). The number of thioether (sulfide) groups is 1. The predicted octanol–water partition coefficient (Wildman–Crippen LogP) is 3.33. The van der Waals surface area contributed by atoms with Gasteiger partial charge >= 0.3 is 0 Å². The van der Waals surface area contributed by atoms with E-state index in [1.807, 2.05) is 0 Å². The lowest BCUT2D eigenvalue weighted by atomic mass is 10.2. The average molecular weight is 388 g/mol. The van der Waals surface area contributed by atoms with E-state index in [-0.39, 0.29) is 24.2 Å². The first kappa shape index (κ1) is 18.1. The molecule has 2 N–H and O–H groups in total. The highest BCUT2D eigenvalue weighted by Crippen LogP contribution is 2.26. The third-order valence-electron chi connectivity index (χ3n) is 3.32. The Hall–Kier alpha value is -2.71. The predicted molar refractivity (Wildman–Crippen MR) is 103 cm³/mol. The van der Waals surface area contributed by atoms with Crippen molar-refractivity contribution in [1.82, 2.24) is 5.32 Å². The number of carbonyl (C=O) groups excluding carboxylic acids is 2. The smallest absolute Gasteiger partial charge is 0.263 e. The van der Waals surface area contributed by atoms with E-state index in [1.54, 1.807) is 30.3 Å². The van der Waals surface area contributed by atoms with Crippen LogP contribution in [0.3, 0.4) is 0 Å². The van der Waals surface area contributed by atoms with E-state index in [0.717, 1.165) is 5.56 Å². The van der Waals surface area contributed by atoms with Crippen molar-refractivity contribution < 1.29 is 18.7 Å². The fourth-order valence-electron chi connectivity index (χ4n) is 2.11. The lowest BCUT2D eigenvalue weighted by Gasteiger charge is -2.08. The van der Waals surface area contributed by atoms with Crippen molar-refractivity contribution in [1.29, 1.82) is 0 Å². The van der Waals surface area contributed by atoms with Crippen LogP contribution >= 0.6 is 24.0 Å². The molecule has 1 heterocycles. The number of hydrogen-bond donors (Lipinski definition) is 2. The highest BCUT2D eigenvalue weighted by Gasteiger charge is 2.21. The van der Waals surface area contributed by atoms with Crippen LogP contribution in [0.1, 0.15) is 5.56 Å². The maximum Gasteiger partial charge on any atom is 0.263 e. The Balaban J connectivity index is 1.53. The second-order valence-corrected chi connectivity index (χ2v) is 6.98. The van der Waals surface area contributed by atoms with Crippen molar-refractivity contribution in [3.8, 4) is 5.75 Å². The monoisotopic (exact) mass is 388 g/mol. The lowest BCUT2D eigenvalue weighted by Crippen LogP contribution is -2.20. The molecule has 0 unspecified atom stereocenters. The van der Waals surface area contributed by atoms with E-state index < -0.39 is 0 Å². The van der Waals surface area contributed by atoms with E-state index in [2.05, 4.69) is 10.6 Å². The molecule has 0 atom stereocenters. The summed E-state index contributed by atoms with van der Waals surface area (Å²) in [6.07, 6.45) is 1.73. The van der Waals surface area contributed by atoms with Crippen molar-refractivity contribution in [2.24, 2.45) is 0 Å². The van der Waals surface area contributed by atoms with E-state index in [1.165, 1.54) is 36.0 Å². The first-order valence-corrected chi connectivity index (χ1v) is 8.75. The fourth-order valence-corrected chi connectivity index (χ4v) is 3.16. The van der Waals surface area contributed by atoms with Crippen molar-refractivity contribution in [2.75, 3.05) is 11.9 Å². The summed E-state index contributed by atoms with van der Waals surface area (Å²) in [4.78, 5) is 24.0. The maximum absolute atomic E-state index is 12.8. The molecule has 0 radical (unpaired) electrons. The van der Waals surface area contributed by atoms with E-state index >= 15 is 0 Å². The maximum atomic E-state index is 12.8. The topological polar surface area (TPSA) is 67.4 Å². The van der Waals surface area contributed by atoms with Crippen molar-refractivity contribution in [3.63, 3.8) is 0 Å². The van der Waals surface area contributed by atoms with E-state index in [4.69, 9.17) is 17.0 Å². The van der Waals surface area contributed by atoms with Crippen LogP contribution in [0.2, 0.25) is 0 Å². The molecule has 5 nitrogen and oxygen atoms in total. The summed E-state index contributed by atoms with van der Waals surface area (Å²) < 4.78 is 18.7. The number of rotatable bonds is 5. The molecule has 132 valence electrons. The van der Waals surface area contributed by atoms with Gasteiger partial charge in [0.1, 0.15) is 15.9 Å². The van der Waals surface area contributed by atoms with Gasteiger partial charge in [-0.2, -0.15) is 0 Å². The Morgan fingerprint density at radius 1 is 1.19 bits per heavy atom. The Morgan fingerprint density at radius 2 is 1.88 bits per heavy atom. The average Bonchev–Trinajstić information content (AvgIpc) is 2.93. The van der Waals surface area contributed by atoms with Gasteiger partial charge in [0.2, 0.25) is 0 Å². The van der Waals surface area contributed by atoms with Crippen LogP contribution in [0.4, 0.5) is 10.1 Å². The fraction of sp³-hybridized carbons (Fsp3) is 0.0556. The molecule has 26 heavy (non-hydrogen) atoms. The number of thiocarbonyl (C=S) groups is 1. The van der Waals surface area contributed by atoms with Crippen LogP contribution in [-0.4, -0.2) is 22.7 Å². The van der Waals surface area contributed by atoms with Gasteiger partial charge in [0.05, 0.1) is 4.91 Å². The van der Waals surface area contributed by atoms with Gasteiger partial charge in [-0.15, -0.1) is 0 Å². The molecule has 0 aliphatic carbocycles. The third-order valence-corrected chi connectivity index (χ3v) is 4.48. The van der Waals surface area contributed by atoms with Crippen molar-refractivity contribution in [3.05, 3.63) is 64.8 Å². The van der Waals surface area contributed by atoms with Crippen LogP contribution in [0.15, 0.2) is 53.4 Å². The molecule has 0 aromatic heterocycles. The zero-order valence-electron chi connectivity index (χ0n) is 13.3. The molecular weight excluding hydrogens is 375 g/mol. The molecule has 1 fully saturated rings. The summed E-state index contributed by atoms with van der Waals surface area (Å²) in [6, 6.07) is 12.4. The number of anilines is 1. The molecule has 2 aromatic rings. The minimum atomic E-state index is -0.371. The second kappa shape index (κ2) is 8.11. The van der Waals surface area contributed by atoms with Gasteiger partial charge in [0, 0.05) is 5.69 Å². The van der Waals surface area contributed by atoms with Gasteiger partial charge in [-0.05, 0) is 48.0 Å². The summed E-state index contributed by atoms with van der Waals surface area (Å²) in [7, 11) is 0. The number of ether oxygens (including phenoxy) is 1. The van der Waals surface area contributed by atoms with Crippen molar-refractivity contribution >= 4 is 51.9 Å². The summed E-state index contributed by atoms with van der Waals surface area (Å²) in [5, 5.41) is 5.16. The summed E-state index contributed by atoms with van der Waals surface area (Å²) in [5.41, 5.74) is 1.31. The molecule has 8 heteroatoms. The Labute approximate surface area is 158 Å². The van der Waals surface area contributed by atoms with Crippen LogP contribution in [0.25, 0.3) is 6.08 Å².